The Hall–Kier alpha value is -1.72. The molecule has 1 saturated heterocycles. The average Bonchev–Trinajstić information content (AvgIpc) is 2.78. The lowest BCUT2D eigenvalue weighted by atomic mass is 10.1. The van der Waals surface area contributed by atoms with E-state index in [1.54, 1.807) is 0 Å². The summed E-state index contributed by atoms with van der Waals surface area (Å²) in [5, 5.41) is 2.79. The van der Waals surface area contributed by atoms with Crippen LogP contribution in [0.5, 0.6) is 0 Å². The summed E-state index contributed by atoms with van der Waals surface area (Å²) in [4.78, 5) is 45.5. The minimum absolute atomic E-state index is 0.127. The van der Waals surface area contributed by atoms with Crippen molar-refractivity contribution in [3.63, 3.8) is 0 Å². The van der Waals surface area contributed by atoms with Crippen LogP contribution in [0.1, 0.15) is 57.8 Å². The van der Waals surface area contributed by atoms with Crippen molar-refractivity contribution in [1.29, 1.82) is 0 Å². The van der Waals surface area contributed by atoms with E-state index in [0.29, 0.717) is 13.0 Å². The zero-order valence-corrected chi connectivity index (χ0v) is 12.4. The Balaban J connectivity index is 1.98. The summed E-state index contributed by atoms with van der Waals surface area (Å²) in [6.45, 7) is 0.798. The molecule has 0 spiro atoms. The molecule has 1 heterocycles. The molecule has 6 nitrogen and oxygen atoms in total. The third kappa shape index (κ3) is 7.02. The topological polar surface area (TPSA) is 83.6 Å². The van der Waals surface area contributed by atoms with Gasteiger partial charge in [0.1, 0.15) is 0 Å². The third-order valence-corrected chi connectivity index (χ3v) is 3.50. The molecule has 0 bridgehead atoms. The Bertz CT molecular complexity index is 366. The van der Waals surface area contributed by atoms with Crippen molar-refractivity contribution in [3.05, 3.63) is 0 Å². The lowest BCUT2D eigenvalue weighted by molar-refractivity contribution is -0.138. The van der Waals surface area contributed by atoms with Gasteiger partial charge in [0.15, 0.2) is 6.29 Å². The summed E-state index contributed by atoms with van der Waals surface area (Å²) in [7, 11) is 0. The van der Waals surface area contributed by atoms with Crippen LogP contribution in [0.3, 0.4) is 0 Å². The van der Waals surface area contributed by atoms with Gasteiger partial charge in [-0.3, -0.25) is 24.1 Å². The van der Waals surface area contributed by atoms with E-state index in [1.165, 1.54) is 4.90 Å². The Morgan fingerprint density at radius 3 is 2.33 bits per heavy atom. The first-order valence-corrected chi connectivity index (χ1v) is 7.60. The van der Waals surface area contributed by atoms with E-state index < -0.39 is 0 Å². The second-order valence-corrected chi connectivity index (χ2v) is 5.20. The fourth-order valence-electron chi connectivity index (χ4n) is 2.25. The number of likely N-dealkylation sites (tertiary alicyclic amines) is 1. The molecule has 21 heavy (non-hydrogen) atoms. The number of unbranched alkanes of at least 4 members (excludes halogenated alkanes) is 5. The summed E-state index contributed by atoms with van der Waals surface area (Å²) >= 11 is 0. The molecule has 0 aromatic heterocycles. The van der Waals surface area contributed by atoms with Crippen LogP contribution in [0.15, 0.2) is 0 Å². The van der Waals surface area contributed by atoms with E-state index in [1.807, 2.05) is 6.29 Å². The maximum atomic E-state index is 11.6. The SMILES string of the molecule is O=[C]CCCCCCCNC(=O)CCN1C(=O)CCC1=O. The molecular formula is C15H23N2O4. The molecule has 1 radical (unpaired) electrons. The van der Waals surface area contributed by atoms with Gasteiger partial charge in [0.25, 0.3) is 0 Å². The van der Waals surface area contributed by atoms with Crippen LogP contribution in [0, 0.1) is 0 Å². The third-order valence-electron chi connectivity index (χ3n) is 3.50. The molecule has 1 fully saturated rings. The highest BCUT2D eigenvalue weighted by atomic mass is 16.2. The summed E-state index contributed by atoms with van der Waals surface area (Å²) < 4.78 is 0. The van der Waals surface area contributed by atoms with Gasteiger partial charge in [-0.1, -0.05) is 19.3 Å². The zero-order chi connectivity index (χ0) is 15.5. The average molecular weight is 295 g/mol. The number of nitrogens with one attached hydrogen (secondary N) is 1. The van der Waals surface area contributed by atoms with Gasteiger partial charge in [0, 0.05) is 38.8 Å². The Morgan fingerprint density at radius 2 is 1.67 bits per heavy atom. The summed E-state index contributed by atoms with van der Waals surface area (Å²) in [6, 6.07) is 0. The summed E-state index contributed by atoms with van der Waals surface area (Å²) in [6.07, 6.45) is 7.95. The quantitative estimate of drug-likeness (QED) is 0.457. The van der Waals surface area contributed by atoms with Crippen molar-refractivity contribution < 1.29 is 19.2 Å². The van der Waals surface area contributed by atoms with Crippen molar-refractivity contribution in [1.82, 2.24) is 10.2 Å². The van der Waals surface area contributed by atoms with Gasteiger partial charge >= 0.3 is 0 Å². The maximum absolute atomic E-state index is 11.6. The zero-order valence-electron chi connectivity index (χ0n) is 12.4. The number of nitrogens with zero attached hydrogens (tertiary/aromatic N) is 1. The van der Waals surface area contributed by atoms with E-state index in [0.717, 1.165) is 32.1 Å². The van der Waals surface area contributed by atoms with Gasteiger partial charge in [-0.2, -0.15) is 0 Å². The Morgan fingerprint density at radius 1 is 1.05 bits per heavy atom. The van der Waals surface area contributed by atoms with Gasteiger partial charge in [-0.15, -0.1) is 0 Å². The summed E-state index contributed by atoms with van der Waals surface area (Å²) in [5.41, 5.74) is 0. The van der Waals surface area contributed by atoms with E-state index in [-0.39, 0.29) is 43.5 Å². The maximum Gasteiger partial charge on any atom is 0.229 e. The molecular weight excluding hydrogens is 272 g/mol. The van der Waals surface area contributed by atoms with Gasteiger partial charge < -0.3 is 5.32 Å². The molecule has 0 saturated carbocycles. The van der Waals surface area contributed by atoms with Crippen LogP contribution in [0.4, 0.5) is 0 Å². The molecule has 0 aromatic rings. The van der Waals surface area contributed by atoms with Crippen LogP contribution >= 0.6 is 0 Å². The minimum atomic E-state index is -0.180. The molecule has 117 valence electrons. The van der Waals surface area contributed by atoms with E-state index in [4.69, 9.17) is 0 Å². The van der Waals surface area contributed by atoms with E-state index >= 15 is 0 Å². The predicted molar refractivity (Wildman–Crippen MR) is 77.0 cm³/mol. The van der Waals surface area contributed by atoms with Crippen LogP contribution in [0.25, 0.3) is 0 Å². The monoisotopic (exact) mass is 295 g/mol. The van der Waals surface area contributed by atoms with Crippen molar-refractivity contribution >= 4 is 24.0 Å². The number of hydrogen-bond acceptors (Lipinski definition) is 4. The Kier molecular flexibility index (Phi) is 8.31. The number of imide groups is 1. The second-order valence-electron chi connectivity index (χ2n) is 5.20. The largest absolute Gasteiger partial charge is 0.356 e. The standard InChI is InChI=1S/C15H23N2O4/c18-12-6-4-2-1-3-5-10-16-13(19)9-11-17-14(20)7-8-15(17)21/h1-11H2,(H,16,19). The molecule has 1 aliphatic rings. The van der Waals surface area contributed by atoms with Crippen molar-refractivity contribution in [3.8, 4) is 0 Å². The first-order valence-electron chi connectivity index (χ1n) is 7.60. The van der Waals surface area contributed by atoms with Gasteiger partial charge in [0.2, 0.25) is 17.7 Å². The van der Waals surface area contributed by atoms with Crippen LogP contribution in [-0.4, -0.2) is 42.0 Å². The first-order chi connectivity index (χ1) is 10.1. The predicted octanol–water partition coefficient (Wildman–Crippen LogP) is 1.09. The smallest absolute Gasteiger partial charge is 0.229 e. The second kappa shape index (κ2) is 10.1. The van der Waals surface area contributed by atoms with Gasteiger partial charge in [-0.05, 0) is 12.8 Å². The van der Waals surface area contributed by atoms with Crippen LogP contribution in [0.2, 0.25) is 0 Å². The van der Waals surface area contributed by atoms with Gasteiger partial charge in [-0.25, -0.2) is 0 Å². The molecule has 0 unspecified atom stereocenters. The number of rotatable bonds is 11. The molecule has 1 aliphatic heterocycles. The lowest BCUT2D eigenvalue weighted by Crippen LogP contribution is -2.34. The van der Waals surface area contributed by atoms with Crippen molar-refractivity contribution in [2.24, 2.45) is 0 Å². The fourth-order valence-corrected chi connectivity index (χ4v) is 2.25. The number of amides is 3. The normalized spacial score (nSPS) is 14.6. The number of carbonyl (C=O) groups excluding carboxylic acids is 4. The van der Waals surface area contributed by atoms with Crippen molar-refractivity contribution in [2.45, 2.75) is 57.8 Å². The highest BCUT2D eigenvalue weighted by Crippen LogP contribution is 2.11. The Labute approximate surface area is 125 Å². The molecule has 3 amide bonds. The molecule has 0 aliphatic carbocycles. The molecule has 0 aromatic carbocycles. The van der Waals surface area contributed by atoms with E-state index in [9.17, 15) is 19.2 Å². The molecule has 6 heteroatoms. The molecule has 1 N–H and O–H groups in total. The number of hydrogen-bond donors (Lipinski definition) is 1. The number of carbonyl (C=O) groups is 3. The van der Waals surface area contributed by atoms with E-state index in [2.05, 4.69) is 5.32 Å². The highest BCUT2D eigenvalue weighted by Gasteiger charge is 2.28. The minimum Gasteiger partial charge on any atom is -0.356 e. The lowest BCUT2D eigenvalue weighted by Gasteiger charge is -2.13. The first kappa shape index (κ1) is 17.3. The fraction of sp³-hybridized carbons (Fsp3) is 0.733. The molecule has 0 atom stereocenters. The highest BCUT2D eigenvalue weighted by molar-refractivity contribution is 6.02. The van der Waals surface area contributed by atoms with Crippen molar-refractivity contribution in [2.75, 3.05) is 13.1 Å². The van der Waals surface area contributed by atoms with Crippen LogP contribution < -0.4 is 5.32 Å². The van der Waals surface area contributed by atoms with Crippen LogP contribution in [-0.2, 0) is 19.2 Å². The van der Waals surface area contributed by atoms with Gasteiger partial charge in [0.05, 0.1) is 0 Å². The summed E-state index contributed by atoms with van der Waals surface area (Å²) in [5.74, 6) is -0.487. The molecule has 1 rings (SSSR count).